The maximum Gasteiger partial charge on any atom is 0.204 e. The van der Waals surface area contributed by atoms with Crippen LogP contribution in [0.1, 0.15) is 24.6 Å². The standard InChI is InChI=1S/C12H14IN3O2/c1-17-10-9(13)2-5-16-11(14-15-12(10)16)8-3-6-18-7-4-8/h2,5,8H,3-4,6-7H2,1H3. The van der Waals surface area contributed by atoms with E-state index in [-0.39, 0.29) is 0 Å². The lowest BCUT2D eigenvalue weighted by Gasteiger charge is -2.20. The van der Waals surface area contributed by atoms with Crippen molar-refractivity contribution in [3.05, 3.63) is 21.7 Å². The van der Waals surface area contributed by atoms with Crippen LogP contribution in [0.3, 0.4) is 0 Å². The Bertz CT molecular complexity index is 564. The highest BCUT2D eigenvalue weighted by Gasteiger charge is 2.22. The van der Waals surface area contributed by atoms with Gasteiger partial charge < -0.3 is 9.47 Å². The molecule has 0 amide bonds. The molecule has 0 atom stereocenters. The largest absolute Gasteiger partial charge is 0.492 e. The van der Waals surface area contributed by atoms with Crippen LogP contribution in [-0.4, -0.2) is 34.9 Å². The minimum Gasteiger partial charge on any atom is -0.492 e. The minimum absolute atomic E-state index is 0.429. The summed E-state index contributed by atoms with van der Waals surface area (Å²) in [5.41, 5.74) is 0.797. The van der Waals surface area contributed by atoms with Crippen molar-refractivity contribution < 1.29 is 9.47 Å². The number of halogens is 1. The van der Waals surface area contributed by atoms with Gasteiger partial charge in [0.15, 0.2) is 5.75 Å². The molecule has 5 nitrogen and oxygen atoms in total. The number of aromatic nitrogens is 3. The molecule has 1 aliphatic heterocycles. The fourth-order valence-electron chi connectivity index (χ4n) is 2.35. The summed E-state index contributed by atoms with van der Waals surface area (Å²) in [4.78, 5) is 0. The maximum atomic E-state index is 5.40. The molecule has 1 aliphatic rings. The number of hydrogen-bond donors (Lipinski definition) is 0. The summed E-state index contributed by atoms with van der Waals surface area (Å²) >= 11 is 2.25. The van der Waals surface area contributed by atoms with Gasteiger partial charge in [0.25, 0.3) is 0 Å². The van der Waals surface area contributed by atoms with Crippen molar-refractivity contribution in [1.29, 1.82) is 0 Å². The first-order chi connectivity index (χ1) is 8.81. The van der Waals surface area contributed by atoms with Crippen LogP contribution in [-0.2, 0) is 4.74 Å². The Hall–Kier alpha value is -0.890. The van der Waals surface area contributed by atoms with E-state index in [1.807, 2.05) is 16.7 Å². The van der Waals surface area contributed by atoms with Gasteiger partial charge in [-0.25, -0.2) is 0 Å². The first-order valence-electron chi connectivity index (χ1n) is 5.96. The highest BCUT2D eigenvalue weighted by atomic mass is 127. The van der Waals surface area contributed by atoms with Crippen LogP contribution in [0.25, 0.3) is 5.65 Å². The second-order valence-electron chi connectivity index (χ2n) is 4.34. The Kier molecular flexibility index (Phi) is 3.38. The molecule has 96 valence electrons. The molecule has 3 heterocycles. The quantitative estimate of drug-likeness (QED) is 0.772. The summed E-state index contributed by atoms with van der Waals surface area (Å²) in [5.74, 6) is 2.24. The van der Waals surface area contributed by atoms with Crippen LogP contribution in [0.5, 0.6) is 5.75 Å². The van der Waals surface area contributed by atoms with Gasteiger partial charge in [-0.2, -0.15) is 0 Å². The molecule has 0 aliphatic carbocycles. The van der Waals surface area contributed by atoms with E-state index in [1.165, 1.54) is 0 Å². The Morgan fingerprint density at radius 2 is 2.17 bits per heavy atom. The van der Waals surface area contributed by atoms with Gasteiger partial charge in [0.05, 0.1) is 10.7 Å². The van der Waals surface area contributed by atoms with Crippen molar-refractivity contribution in [2.75, 3.05) is 20.3 Å². The number of methoxy groups -OCH3 is 1. The first kappa shape index (κ1) is 12.2. The van der Waals surface area contributed by atoms with Gasteiger partial charge >= 0.3 is 0 Å². The molecule has 1 fully saturated rings. The zero-order valence-electron chi connectivity index (χ0n) is 10.1. The molecule has 18 heavy (non-hydrogen) atoms. The highest BCUT2D eigenvalue weighted by molar-refractivity contribution is 14.1. The van der Waals surface area contributed by atoms with E-state index < -0.39 is 0 Å². The van der Waals surface area contributed by atoms with Crippen molar-refractivity contribution in [3.63, 3.8) is 0 Å². The molecule has 0 aromatic carbocycles. The maximum absolute atomic E-state index is 5.40. The Morgan fingerprint density at radius 3 is 2.89 bits per heavy atom. The van der Waals surface area contributed by atoms with E-state index in [0.29, 0.717) is 5.92 Å². The summed E-state index contributed by atoms with van der Waals surface area (Å²) < 4.78 is 13.9. The third-order valence-corrected chi connectivity index (χ3v) is 4.15. The van der Waals surface area contributed by atoms with E-state index in [2.05, 4.69) is 32.8 Å². The third kappa shape index (κ3) is 1.97. The summed E-state index contributed by atoms with van der Waals surface area (Å²) in [6.45, 7) is 1.61. The van der Waals surface area contributed by atoms with Gasteiger partial charge in [0.1, 0.15) is 5.82 Å². The number of hydrogen-bond acceptors (Lipinski definition) is 4. The smallest absolute Gasteiger partial charge is 0.204 e. The molecule has 2 aromatic rings. The van der Waals surface area contributed by atoms with E-state index in [0.717, 1.165) is 46.8 Å². The fourth-order valence-corrected chi connectivity index (χ4v) is 2.97. The molecule has 2 aromatic heterocycles. The van der Waals surface area contributed by atoms with Crippen molar-refractivity contribution >= 4 is 28.2 Å². The fraction of sp³-hybridized carbons (Fsp3) is 0.500. The Labute approximate surface area is 119 Å². The molecule has 1 saturated heterocycles. The first-order valence-corrected chi connectivity index (χ1v) is 7.04. The van der Waals surface area contributed by atoms with E-state index in [4.69, 9.17) is 9.47 Å². The molecule has 3 rings (SSSR count). The van der Waals surface area contributed by atoms with Crippen LogP contribution < -0.4 is 4.74 Å². The van der Waals surface area contributed by atoms with Gasteiger partial charge in [-0.05, 0) is 41.5 Å². The van der Waals surface area contributed by atoms with Crippen molar-refractivity contribution in [1.82, 2.24) is 14.6 Å². The van der Waals surface area contributed by atoms with Gasteiger partial charge in [0.2, 0.25) is 5.65 Å². The van der Waals surface area contributed by atoms with Crippen molar-refractivity contribution in [2.45, 2.75) is 18.8 Å². The number of ether oxygens (including phenoxy) is 2. The van der Waals surface area contributed by atoms with Crippen molar-refractivity contribution in [3.8, 4) is 5.75 Å². The zero-order valence-corrected chi connectivity index (χ0v) is 12.3. The second-order valence-corrected chi connectivity index (χ2v) is 5.50. The summed E-state index contributed by atoms with van der Waals surface area (Å²) in [7, 11) is 1.67. The number of nitrogens with zero attached hydrogens (tertiary/aromatic N) is 3. The van der Waals surface area contributed by atoms with Gasteiger partial charge in [-0.3, -0.25) is 4.40 Å². The van der Waals surface area contributed by atoms with E-state index in [9.17, 15) is 0 Å². The Balaban J connectivity index is 2.08. The van der Waals surface area contributed by atoms with E-state index in [1.54, 1.807) is 7.11 Å². The van der Waals surface area contributed by atoms with Gasteiger partial charge in [-0.15, -0.1) is 10.2 Å². The molecule has 0 N–H and O–H groups in total. The monoisotopic (exact) mass is 359 g/mol. The van der Waals surface area contributed by atoms with Crippen LogP contribution >= 0.6 is 22.6 Å². The lowest BCUT2D eigenvalue weighted by atomic mass is 10.00. The molecular weight excluding hydrogens is 345 g/mol. The highest BCUT2D eigenvalue weighted by Crippen LogP contribution is 2.30. The molecule has 0 unspecified atom stereocenters. The number of rotatable bonds is 2. The summed E-state index contributed by atoms with van der Waals surface area (Å²) in [6, 6.07) is 2.03. The Morgan fingerprint density at radius 1 is 1.39 bits per heavy atom. The lowest BCUT2D eigenvalue weighted by Crippen LogP contribution is -2.16. The average molecular weight is 359 g/mol. The molecule has 6 heteroatoms. The predicted molar refractivity (Wildman–Crippen MR) is 75.1 cm³/mol. The summed E-state index contributed by atoms with van der Waals surface area (Å²) in [5, 5.41) is 8.61. The minimum atomic E-state index is 0.429. The topological polar surface area (TPSA) is 48.7 Å². The van der Waals surface area contributed by atoms with Gasteiger partial charge in [-0.1, -0.05) is 0 Å². The van der Waals surface area contributed by atoms with Crippen LogP contribution in [0.15, 0.2) is 12.3 Å². The molecule has 0 saturated carbocycles. The van der Waals surface area contributed by atoms with Crippen LogP contribution in [0.4, 0.5) is 0 Å². The van der Waals surface area contributed by atoms with Crippen molar-refractivity contribution in [2.24, 2.45) is 0 Å². The molecular formula is C12H14IN3O2. The number of pyridine rings is 1. The average Bonchev–Trinajstić information content (AvgIpc) is 2.83. The normalized spacial score (nSPS) is 17.2. The molecule has 0 radical (unpaired) electrons. The lowest BCUT2D eigenvalue weighted by molar-refractivity contribution is 0.0834. The number of fused-ring (bicyclic) bond motifs is 1. The van der Waals surface area contributed by atoms with E-state index >= 15 is 0 Å². The molecule has 0 spiro atoms. The van der Waals surface area contributed by atoms with Crippen LogP contribution in [0.2, 0.25) is 0 Å². The van der Waals surface area contributed by atoms with Gasteiger partial charge in [0, 0.05) is 25.3 Å². The third-order valence-electron chi connectivity index (χ3n) is 3.30. The summed E-state index contributed by atoms with van der Waals surface area (Å²) in [6.07, 6.45) is 4.04. The van der Waals surface area contributed by atoms with Crippen LogP contribution in [0, 0.1) is 3.57 Å². The SMILES string of the molecule is COc1c(I)ccn2c(C3CCOCC3)nnc12. The second kappa shape index (κ2) is 5.00. The predicted octanol–water partition coefficient (Wildman–Crippen LogP) is 2.24. The molecule has 0 bridgehead atoms. The zero-order chi connectivity index (χ0) is 12.5.